The van der Waals surface area contributed by atoms with E-state index in [9.17, 15) is 9.59 Å². The fourth-order valence-electron chi connectivity index (χ4n) is 5.55. The zero-order chi connectivity index (χ0) is 21.9. The van der Waals surface area contributed by atoms with E-state index in [0.29, 0.717) is 18.6 Å². The fraction of sp³-hybridized carbons (Fsp3) is 0.393. The molecule has 2 aromatic heterocycles. The second-order valence-corrected chi connectivity index (χ2v) is 9.41. The van der Waals surface area contributed by atoms with E-state index in [1.54, 1.807) is 12.4 Å². The SMILES string of the molecule is O=C1CC(CCC(=O)C2CCCC2)Cc2[nH]c(-c3ccncc3)c(Cc3ccccc3)c21. The Balaban J connectivity index is 1.41. The van der Waals surface area contributed by atoms with Gasteiger partial charge in [0, 0.05) is 54.4 Å². The summed E-state index contributed by atoms with van der Waals surface area (Å²) in [6.45, 7) is 0. The van der Waals surface area contributed by atoms with Crippen molar-refractivity contribution in [2.24, 2.45) is 11.8 Å². The number of hydrogen-bond donors (Lipinski definition) is 1. The smallest absolute Gasteiger partial charge is 0.165 e. The third-order valence-corrected chi connectivity index (χ3v) is 7.23. The van der Waals surface area contributed by atoms with Crippen molar-refractivity contribution in [3.63, 3.8) is 0 Å². The zero-order valence-corrected chi connectivity index (χ0v) is 18.5. The summed E-state index contributed by atoms with van der Waals surface area (Å²) in [5.41, 5.74) is 6.28. The Morgan fingerprint density at radius 1 is 1.00 bits per heavy atom. The minimum absolute atomic E-state index is 0.215. The van der Waals surface area contributed by atoms with E-state index >= 15 is 0 Å². The molecule has 0 amide bonds. The highest BCUT2D eigenvalue weighted by Crippen LogP contribution is 2.37. The van der Waals surface area contributed by atoms with Crippen molar-refractivity contribution >= 4 is 11.6 Å². The number of pyridine rings is 1. The molecular formula is C28H30N2O2. The van der Waals surface area contributed by atoms with Crippen LogP contribution >= 0.6 is 0 Å². The number of rotatable bonds is 7. The lowest BCUT2D eigenvalue weighted by molar-refractivity contribution is -0.123. The number of Topliss-reactive ketones (excluding diaryl/α,β-unsaturated/α-hetero) is 2. The van der Waals surface area contributed by atoms with Crippen LogP contribution in [-0.2, 0) is 17.6 Å². The molecule has 0 spiro atoms. The Hall–Kier alpha value is -3.01. The first kappa shape index (κ1) is 20.9. The van der Waals surface area contributed by atoms with Gasteiger partial charge in [-0.15, -0.1) is 0 Å². The van der Waals surface area contributed by atoms with Crippen molar-refractivity contribution < 1.29 is 9.59 Å². The molecule has 1 N–H and O–H groups in total. The molecule has 32 heavy (non-hydrogen) atoms. The number of nitrogens with one attached hydrogen (secondary N) is 1. The maximum absolute atomic E-state index is 13.3. The highest BCUT2D eigenvalue weighted by molar-refractivity contribution is 6.02. The molecule has 2 aliphatic carbocycles. The molecule has 0 aliphatic heterocycles. The number of hydrogen-bond acceptors (Lipinski definition) is 3. The Kier molecular flexibility index (Phi) is 6.02. The van der Waals surface area contributed by atoms with Crippen molar-refractivity contribution in [1.82, 2.24) is 9.97 Å². The van der Waals surface area contributed by atoms with Gasteiger partial charge >= 0.3 is 0 Å². The molecule has 2 heterocycles. The van der Waals surface area contributed by atoms with Crippen LogP contribution < -0.4 is 0 Å². The maximum atomic E-state index is 13.3. The molecule has 5 rings (SSSR count). The lowest BCUT2D eigenvalue weighted by Gasteiger charge is -2.22. The monoisotopic (exact) mass is 426 g/mol. The number of aromatic amines is 1. The second-order valence-electron chi connectivity index (χ2n) is 9.41. The van der Waals surface area contributed by atoms with Gasteiger partial charge in [-0.3, -0.25) is 14.6 Å². The van der Waals surface area contributed by atoms with Crippen LogP contribution in [0.2, 0.25) is 0 Å². The topological polar surface area (TPSA) is 62.8 Å². The molecule has 1 aromatic carbocycles. The maximum Gasteiger partial charge on any atom is 0.165 e. The first-order valence-corrected chi connectivity index (χ1v) is 11.9. The van der Waals surface area contributed by atoms with Crippen LogP contribution in [0.5, 0.6) is 0 Å². The van der Waals surface area contributed by atoms with Crippen LogP contribution in [0.3, 0.4) is 0 Å². The van der Waals surface area contributed by atoms with E-state index < -0.39 is 0 Å². The van der Waals surface area contributed by atoms with Crippen molar-refractivity contribution in [2.75, 3.05) is 0 Å². The predicted octanol–water partition coefficient (Wildman–Crippen LogP) is 5.95. The standard InChI is InChI=1S/C28H30N2O2/c31-25(21-8-4-5-9-21)11-10-20-17-24-27(26(32)18-20)23(16-19-6-2-1-3-7-19)28(30-24)22-12-14-29-15-13-22/h1-3,6-7,12-15,20-21,30H,4-5,8-11,16-18H2. The van der Waals surface area contributed by atoms with Crippen molar-refractivity contribution in [3.8, 4) is 11.3 Å². The normalized spacial score (nSPS) is 18.6. The number of carbonyl (C=O) groups is 2. The molecule has 4 nitrogen and oxygen atoms in total. The molecular weight excluding hydrogens is 396 g/mol. The Morgan fingerprint density at radius 2 is 1.75 bits per heavy atom. The van der Waals surface area contributed by atoms with E-state index in [-0.39, 0.29) is 17.6 Å². The molecule has 2 aliphatic rings. The molecule has 3 aromatic rings. The number of nitrogens with zero attached hydrogens (tertiary/aromatic N) is 1. The van der Waals surface area contributed by atoms with Gasteiger partial charge in [0.05, 0.1) is 5.69 Å². The summed E-state index contributed by atoms with van der Waals surface area (Å²) in [5.74, 6) is 1.14. The average molecular weight is 427 g/mol. The third kappa shape index (κ3) is 4.32. The van der Waals surface area contributed by atoms with Crippen LogP contribution in [0.1, 0.15) is 72.1 Å². The Morgan fingerprint density at radius 3 is 2.50 bits per heavy atom. The van der Waals surface area contributed by atoms with Gasteiger partial charge in [0.2, 0.25) is 0 Å². The second kappa shape index (κ2) is 9.23. The first-order chi connectivity index (χ1) is 15.7. The van der Waals surface area contributed by atoms with E-state index in [0.717, 1.165) is 60.2 Å². The van der Waals surface area contributed by atoms with Crippen LogP contribution in [0.25, 0.3) is 11.3 Å². The van der Waals surface area contributed by atoms with Gasteiger partial charge in [0.15, 0.2) is 5.78 Å². The molecule has 164 valence electrons. The number of ketones is 2. The van der Waals surface area contributed by atoms with Gasteiger partial charge in [0.25, 0.3) is 0 Å². The van der Waals surface area contributed by atoms with Crippen LogP contribution in [0, 0.1) is 11.8 Å². The summed E-state index contributed by atoms with van der Waals surface area (Å²) >= 11 is 0. The summed E-state index contributed by atoms with van der Waals surface area (Å²) < 4.78 is 0. The molecule has 0 saturated heterocycles. The fourth-order valence-corrected chi connectivity index (χ4v) is 5.55. The summed E-state index contributed by atoms with van der Waals surface area (Å²) in [4.78, 5) is 33.7. The largest absolute Gasteiger partial charge is 0.358 e. The Bertz CT molecular complexity index is 1100. The predicted molar refractivity (Wildman–Crippen MR) is 126 cm³/mol. The van der Waals surface area contributed by atoms with E-state index in [4.69, 9.17) is 0 Å². The van der Waals surface area contributed by atoms with Gasteiger partial charge in [0.1, 0.15) is 5.78 Å². The summed E-state index contributed by atoms with van der Waals surface area (Å²) in [7, 11) is 0. The molecule has 1 atom stereocenters. The molecule has 0 radical (unpaired) electrons. The van der Waals surface area contributed by atoms with Gasteiger partial charge in [-0.05, 0) is 54.9 Å². The highest BCUT2D eigenvalue weighted by Gasteiger charge is 2.32. The van der Waals surface area contributed by atoms with Crippen molar-refractivity contribution in [1.29, 1.82) is 0 Å². The minimum atomic E-state index is 0.215. The Labute approximate surface area is 189 Å². The molecule has 1 unspecified atom stereocenters. The number of H-pyrrole nitrogens is 1. The number of fused-ring (bicyclic) bond motifs is 1. The third-order valence-electron chi connectivity index (χ3n) is 7.23. The van der Waals surface area contributed by atoms with Gasteiger partial charge in [-0.25, -0.2) is 0 Å². The van der Waals surface area contributed by atoms with Gasteiger partial charge in [-0.1, -0.05) is 43.2 Å². The first-order valence-electron chi connectivity index (χ1n) is 11.9. The van der Waals surface area contributed by atoms with Gasteiger partial charge < -0.3 is 4.98 Å². The summed E-state index contributed by atoms with van der Waals surface area (Å²) in [5, 5.41) is 0. The molecule has 1 saturated carbocycles. The molecule has 0 bridgehead atoms. The van der Waals surface area contributed by atoms with Crippen molar-refractivity contribution in [3.05, 3.63) is 77.2 Å². The van der Waals surface area contributed by atoms with Gasteiger partial charge in [-0.2, -0.15) is 0 Å². The average Bonchev–Trinajstić information content (AvgIpc) is 3.48. The minimum Gasteiger partial charge on any atom is -0.358 e. The van der Waals surface area contributed by atoms with Crippen LogP contribution in [-0.4, -0.2) is 21.5 Å². The van der Waals surface area contributed by atoms with E-state index in [1.165, 1.54) is 18.4 Å². The number of aromatic nitrogens is 2. The van der Waals surface area contributed by atoms with Crippen LogP contribution in [0.15, 0.2) is 54.9 Å². The van der Waals surface area contributed by atoms with Crippen molar-refractivity contribution in [2.45, 2.75) is 57.8 Å². The highest BCUT2D eigenvalue weighted by atomic mass is 16.1. The zero-order valence-electron chi connectivity index (χ0n) is 18.5. The molecule has 4 heteroatoms. The number of carbonyl (C=O) groups excluding carboxylic acids is 2. The molecule has 1 fully saturated rings. The van der Waals surface area contributed by atoms with E-state index in [1.807, 2.05) is 30.3 Å². The lowest BCUT2D eigenvalue weighted by atomic mass is 9.81. The number of benzene rings is 1. The quantitative estimate of drug-likeness (QED) is 0.508. The summed E-state index contributed by atoms with van der Waals surface area (Å²) in [6, 6.07) is 14.3. The van der Waals surface area contributed by atoms with E-state index in [2.05, 4.69) is 22.1 Å². The lowest BCUT2D eigenvalue weighted by Crippen LogP contribution is -2.22. The summed E-state index contributed by atoms with van der Waals surface area (Å²) in [6.07, 6.45) is 11.6. The van der Waals surface area contributed by atoms with Crippen LogP contribution in [0.4, 0.5) is 0 Å².